The summed E-state index contributed by atoms with van der Waals surface area (Å²) >= 11 is 5.87. The number of nitrogens with one attached hydrogen (secondary N) is 1. The van der Waals surface area contributed by atoms with Crippen molar-refractivity contribution >= 4 is 23.2 Å². The maximum Gasteiger partial charge on any atom is 0.227 e. The standard InChI is InChI=1S/C17H18ClNO2/c1-12-6-7-13(2)16(10-12)21-9-8-17(20)19-15-5-3-4-14(18)11-15/h3-7,10-11H,8-9H2,1-2H3,(H,19,20). The maximum atomic E-state index is 11.8. The molecule has 4 heteroatoms. The van der Waals surface area contributed by atoms with Gasteiger partial charge in [-0.25, -0.2) is 0 Å². The minimum absolute atomic E-state index is 0.0948. The summed E-state index contributed by atoms with van der Waals surface area (Å²) < 4.78 is 5.66. The fraction of sp³-hybridized carbons (Fsp3) is 0.235. The van der Waals surface area contributed by atoms with Gasteiger partial charge < -0.3 is 10.1 Å². The van der Waals surface area contributed by atoms with Crippen molar-refractivity contribution in [2.75, 3.05) is 11.9 Å². The summed E-state index contributed by atoms with van der Waals surface area (Å²) in [6, 6.07) is 13.1. The normalized spacial score (nSPS) is 10.2. The fourth-order valence-corrected chi connectivity index (χ4v) is 2.10. The first kappa shape index (κ1) is 15.4. The first-order valence-electron chi connectivity index (χ1n) is 6.80. The van der Waals surface area contributed by atoms with Crippen molar-refractivity contribution in [1.29, 1.82) is 0 Å². The molecule has 2 aromatic carbocycles. The summed E-state index contributed by atoms with van der Waals surface area (Å²) in [4.78, 5) is 11.8. The average molecular weight is 304 g/mol. The highest BCUT2D eigenvalue weighted by molar-refractivity contribution is 6.30. The second kappa shape index (κ2) is 7.14. The number of anilines is 1. The number of rotatable bonds is 5. The molecule has 0 aliphatic carbocycles. The predicted molar refractivity (Wildman–Crippen MR) is 86.1 cm³/mol. The Morgan fingerprint density at radius 1 is 1.19 bits per heavy atom. The van der Waals surface area contributed by atoms with Crippen LogP contribution in [0.15, 0.2) is 42.5 Å². The van der Waals surface area contributed by atoms with Gasteiger partial charge in [-0.15, -0.1) is 0 Å². The van der Waals surface area contributed by atoms with Crippen LogP contribution in [-0.4, -0.2) is 12.5 Å². The Balaban J connectivity index is 1.83. The van der Waals surface area contributed by atoms with E-state index in [-0.39, 0.29) is 5.91 Å². The minimum atomic E-state index is -0.0948. The summed E-state index contributed by atoms with van der Waals surface area (Å²) in [6.07, 6.45) is 0.292. The molecule has 2 rings (SSSR count). The molecule has 0 saturated heterocycles. The number of halogens is 1. The summed E-state index contributed by atoms with van der Waals surface area (Å²) in [5, 5.41) is 3.39. The highest BCUT2D eigenvalue weighted by Crippen LogP contribution is 2.19. The molecule has 0 bridgehead atoms. The zero-order valence-electron chi connectivity index (χ0n) is 12.2. The predicted octanol–water partition coefficient (Wildman–Crippen LogP) is 4.36. The Bertz CT molecular complexity index is 640. The molecule has 0 fully saturated rings. The molecule has 21 heavy (non-hydrogen) atoms. The second-order valence-electron chi connectivity index (χ2n) is 4.93. The third kappa shape index (κ3) is 4.80. The molecule has 0 aliphatic rings. The van der Waals surface area contributed by atoms with E-state index in [0.717, 1.165) is 16.9 Å². The van der Waals surface area contributed by atoms with E-state index in [1.54, 1.807) is 24.3 Å². The van der Waals surface area contributed by atoms with Crippen LogP contribution in [0.2, 0.25) is 5.02 Å². The first-order chi connectivity index (χ1) is 10.0. The third-order valence-electron chi connectivity index (χ3n) is 3.04. The van der Waals surface area contributed by atoms with Gasteiger partial charge in [0.05, 0.1) is 13.0 Å². The molecule has 0 saturated carbocycles. The van der Waals surface area contributed by atoms with Crippen LogP contribution in [0.1, 0.15) is 17.5 Å². The Morgan fingerprint density at radius 3 is 2.76 bits per heavy atom. The van der Waals surface area contributed by atoms with E-state index in [4.69, 9.17) is 16.3 Å². The van der Waals surface area contributed by atoms with Crippen LogP contribution in [0.25, 0.3) is 0 Å². The zero-order chi connectivity index (χ0) is 15.2. The van der Waals surface area contributed by atoms with E-state index in [9.17, 15) is 4.79 Å². The molecule has 1 N–H and O–H groups in total. The van der Waals surface area contributed by atoms with Gasteiger partial charge in [-0.1, -0.05) is 29.8 Å². The van der Waals surface area contributed by atoms with Crippen molar-refractivity contribution in [3.8, 4) is 5.75 Å². The number of benzene rings is 2. The van der Waals surface area contributed by atoms with Gasteiger partial charge in [-0.3, -0.25) is 4.79 Å². The van der Waals surface area contributed by atoms with Gasteiger partial charge in [0.1, 0.15) is 5.75 Å². The summed E-state index contributed by atoms with van der Waals surface area (Å²) in [7, 11) is 0. The van der Waals surface area contributed by atoms with Crippen LogP contribution < -0.4 is 10.1 Å². The van der Waals surface area contributed by atoms with E-state index in [1.807, 2.05) is 32.0 Å². The summed E-state index contributed by atoms with van der Waals surface area (Å²) in [5.41, 5.74) is 2.90. The van der Waals surface area contributed by atoms with Crippen molar-refractivity contribution in [2.24, 2.45) is 0 Å². The molecular weight excluding hydrogens is 286 g/mol. The van der Waals surface area contributed by atoms with Crippen LogP contribution in [-0.2, 0) is 4.79 Å². The Labute approximate surface area is 129 Å². The second-order valence-corrected chi connectivity index (χ2v) is 5.36. The Hall–Kier alpha value is -2.00. The van der Waals surface area contributed by atoms with E-state index < -0.39 is 0 Å². The van der Waals surface area contributed by atoms with Crippen molar-refractivity contribution in [3.63, 3.8) is 0 Å². The molecule has 0 aromatic heterocycles. The topological polar surface area (TPSA) is 38.3 Å². The number of hydrogen-bond acceptors (Lipinski definition) is 2. The van der Waals surface area contributed by atoms with Crippen molar-refractivity contribution < 1.29 is 9.53 Å². The lowest BCUT2D eigenvalue weighted by molar-refractivity contribution is -0.116. The Kier molecular flexibility index (Phi) is 5.23. The maximum absolute atomic E-state index is 11.8. The van der Waals surface area contributed by atoms with E-state index in [0.29, 0.717) is 23.7 Å². The van der Waals surface area contributed by atoms with Crippen molar-refractivity contribution in [3.05, 3.63) is 58.6 Å². The van der Waals surface area contributed by atoms with Crippen LogP contribution in [0.4, 0.5) is 5.69 Å². The number of carbonyl (C=O) groups is 1. The first-order valence-corrected chi connectivity index (χ1v) is 7.18. The molecule has 0 unspecified atom stereocenters. The fourth-order valence-electron chi connectivity index (χ4n) is 1.91. The molecule has 0 heterocycles. The van der Waals surface area contributed by atoms with Gasteiger partial charge in [0.15, 0.2) is 0 Å². The number of hydrogen-bond donors (Lipinski definition) is 1. The highest BCUT2D eigenvalue weighted by atomic mass is 35.5. The average Bonchev–Trinajstić information content (AvgIpc) is 2.42. The lowest BCUT2D eigenvalue weighted by Gasteiger charge is -2.10. The molecule has 0 aliphatic heterocycles. The van der Waals surface area contributed by atoms with E-state index >= 15 is 0 Å². The van der Waals surface area contributed by atoms with Gasteiger partial charge in [0, 0.05) is 10.7 Å². The van der Waals surface area contributed by atoms with Gasteiger partial charge in [0.2, 0.25) is 5.91 Å². The lowest BCUT2D eigenvalue weighted by atomic mass is 10.1. The van der Waals surface area contributed by atoms with Gasteiger partial charge in [-0.05, 0) is 49.2 Å². The Morgan fingerprint density at radius 2 is 2.00 bits per heavy atom. The van der Waals surface area contributed by atoms with Crippen LogP contribution in [0.3, 0.4) is 0 Å². The number of amides is 1. The van der Waals surface area contributed by atoms with Crippen molar-refractivity contribution in [2.45, 2.75) is 20.3 Å². The largest absolute Gasteiger partial charge is 0.493 e. The van der Waals surface area contributed by atoms with E-state index in [1.165, 1.54) is 0 Å². The quantitative estimate of drug-likeness (QED) is 0.891. The van der Waals surface area contributed by atoms with Crippen LogP contribution >= 0.6 is 11.6 Å². The lowest BCUT2D eigenvalue weighted by Crippen LogP contribution is -2.15. The van der Waals surface area contributed by atoms with Crippen molar-refractivity contribution in [1.82, 2.24) is 0 Å². The van der Waals surface area contributed by atoms with Gasteiger partial charge in [0.25, 0.3) is 0 Å². The molecule has 0 radical (unpaired) electrons. The van der Waals surface area contributed by atoms with Gasteiger partial charge in [-0.2, -0.15) is 0 Å². The zero-order valence-corrected chi connectivity index (χ0v) is 12.9. The summed E-state index contributed by atoms with van der Waals surface area (Å²) in [5.74, 6) is 0.730. The molecule has 0 atom stereocenters. The third-order valence-corrected chi connectivity index (χ3v) is 3.27. The number of ether oxygens (including phenoxy) is 1. The molecule has 1 amide bonds. The SMILES string of the molecule is Cc1ccc(C)c(OCCC(=O)Nc2cccc(Cl)c2)c1. The molecular formula is C17H18ClNO2. The molecule has 2 aromatic rings. The number of carbonyl (C=O) groups excluding carboxylic acids is 1. The smallest absolute Gasteiger partial charge is 0.227 e. The molecule has 110 valence electrons. The molecule has 0 spiro atoms. The van der Waals surface area contributed by atoms with Crippen LogP contribution in [0.5, 0.6) is 5.75 Å². The van der Waals surface area contributed by atoms with Gasteiger partial charge >= 0.3 is 0 Å². The highest BCUT2D eigenvalue weighted by Gasteiger charge is 2.05. The monoisotopic (exact) mass is 303 g/mol. The number of aryl methyl sites for hydroxylation is 2. The minimum Gasteiger partial charge on any atom is -0.493 e. The van der Waals surface area contributed by atoms with E-state index in [2.05, 4.69) is 5.32 Å². The van der Waals surface area contributed by atoms with Crippen LogP contribution in [0, 0.1) is 13.8 Å². The molecule has 3 nitrogen and oxygen atoms in total. The summed E-state index contributed by atoms with van der Waals surface area (Å²) in [6.45, 7) is 4.34.